The van der Waals surface area contributed by atoms with E-state index in [-0.39, 0.29) is 6.71 Å². The van der Waals surface area contributed by atoms with E-state index < -0.39 is 0 Å². The van der Waals surface area contributed by atoms with Crippen LogP contribution in [0.15, 0.2) is 243 Å². The van der Waals surface area contributed by atoms with E-state index in [1.807, 2.05) is 24.3 Å². The van der Waals surface area contributed by atoms with E-state index >= 15 is 0 Å². The fourth-order valence-corrected chi connectivity index (χ4v) is 12.2. The maximum absolute atomic E-state index is 10.5. The van der Waals surface area contributed by atoms with E-state index in [9.17, 15) is 10.5 Å². The first kappa shape index (κ1) is 42.4. The van der Waals surface area contributed by atoms with E-state index in [2.05, 4.69) is 245 Å². The molecule has 2 aliphatic rings. The predicted octanol–water partition coefficient (Wildman–Crippen LogP) is 15.0. The van der Waals surface area contributed by atoms with Crippen LogP contribution in [0.1, 0.15) is 11.1 Å². The highest BCUT2D eigenvalue weighted by Gasteiger charge is 2.42. The lowest BCUT2D eigenvalue weighted by atomic mass is 9.34. The molecule has 0 fully saturated rings. The fourth-order valence-electron chi connectivity index (χ4n) is 12.2. The minimum absolute atomic E-state index is 0.192. The van der Waals surface area contributed by atoms with Gasteiger partial charge in [0.05, 0.1) is 62.4 Å². The molecule has 0 saturated carbocycles. The van der Waals surface area contributed by atoms with Crippen molar-refractivity contribution < 1.29 is 4.74 Å². The number of rotatable bonds is 6. The normalized spacial score (nSPS) is 12.3. The highest BCUT2D eigenvalue weighted by molar-refractivity contribution is 6.99. The lowest BCUT2D eigenvalue weighted by Gasteiger charge is -2.41. The second-order valence-electron chi connectivity index (χ2n) is 19.4. The van der Waals surface area contributed by atoms with E-state index in [1.54, 1.807) is 0 Å². The summed E-state index contributed by atoms with van der Waals surface area (Å²) in [6, 6.07) is 90.2. The number of aromatic nitrogens is 2. The standard InChI is InChI=1S/C68H40BN5O/c70-41-43-29-35-62(72-58-23-10-5-18-49(58)50-19-6-11-24-59(50)72)53(37-43)46-31-33-55-65(39-46)74(57-22-9-4-17-48(57)45-15-2-1-3-16-45)64-27-14-28-66-68(64)69(55)56-34-32-47(40-67(56)75-66)54-38-44(42-71)30-36-63(54)73-60-25-12-7-20-51(60)52-21-8-13-26-61(52)73/h1-40H. The van der Waals surface area contributed by atoms with Crippen molar-refractivity contribution in [3.05, 3.63) is 254 Å². The zero-order valence-electron chi connectivity index (χ0n) is 40.3. The largest absolute Gasteiger partial charge is 0.458 e. The number of ether oxygens (including phenoxy) is 1. The van der Waals surface area contributed by atoms with Gasteiger partial charge in [-0.15, -0.1) is 0 Å². The summed E-state index contributed by atoms with van der Waals surface area (Å²) in [5.41, 5.74) is 19.9. The van der Waals surface area contributed by atoms with Gasteiger partial charge in [-0.1, -0.05) is 152 Å². The zero-order chi connectivity index (χ0) is 49.7. The molecule has 0 atom stereocenters. The van der Waals surface area contributed by atoms with Gasteiger partial charge in [-0.2, -0.15) is 10.5 Å². The lowest BCUT2D eigenvalue weighted by molar-refractivity contribution is 0.488. The molecule has 11 aromatic carbocycles. The Bertz CT molecular complexity index is 4520. The van der Waals surface area contributed by atoms with Crippen LogP contribution in [0.3, 0.4) is 0 Å². The number of hydrogen-bond acceptors (Lipinski definition) is 4. The number of benzene rings is 11. The van der Waals surface area contributed by atoms with Crippen LogP contribution >= 0.6 is 0 Å². The van der Waals surface area contributed by atoms with Crippen molar-refractivity contribution in [2.75, 3.05) is 4.90 Å². The highest BCUT2D eigenvalue weighted by Crippen LogP contribution is 2.47. The van der Waals surface area contributed by atoms with Gasteiger partial charge in [0.2, 0.25) is 0 Å². The molecule has 0 N–H and O–H groups in total. The predicted molar refractivity (Wildman–Crippen MR) is 307 cm³/mol. The Morgan fingerprint density at radius 2 is 0.827 bits per heavy atom. The zero-order valence-corrected chi connectivity index (χ0v) is 40.3. The number of nitriles is 2. The topological polar surface area (TPSA) is 69.9 Å². The number of fused-ring (bicyclic) bond motifs is 10. The van der Waals surface area contributed by atoms with Gasteiger partial charge in [0.1, 0.15) is 11.5 Å². The van der Waals surface area contributed by atoms with Crippen molar-refractivity contribution in [3.8, 4) is 68.4 Å². The van der Waals surface area contributed by atoms with Crippen LogP contribution in [0.5, 0.6) is 11.5 Å². The molecule has 4 heterocycles. The van der Waals surface area contributed by atoms with Gasteiger partial charge < -0.3 is 18.8 Å². The van der Waals surface area contributed by atoms with Gasteiger partial charge >= 0.3 is 0 Å². The second-order valence-corrected chi connectivity index (χ2v) is 19.4. The third-order valence-corrected chi connectivity index (χ3v) is 15.4. The molecule has 7 heteroatoms. The first-order chi connectivity index (χ1) is 37.1. The first-order valence-corrected chi connectivity index (χ1v) is 25.2. The van der Waals surface area contributed by atoms with E-state index in [4.69, 9.17) is 4.74 Å². The summed E-state index contributed by atoms with van der Waals surface area (Å²) in [6.07, 6.45) is 0. The van der Waals surface area contributed by atoms with Crippen LogP contribution in [0.25, 0.3) is 88.4 Å². The Morgan fingerprint density at radius 3 is 1.40 bits per heavy atom. The van der Waals surface area contributed by atoms with Crippen molar-refractivity contribution in [2.45, 2.75) is 0 Å². The molecule has 0 spiro atoms. The molecule has 2 aromatic heterocycles. The number of nitrogens with zero attached hydrogens (tertiary/aromatic N) is 5. The van der Waals surface area contributed by atoms with Gasteiger partial charge in [-0.05, 0) is 124 Å². The molecule has 6 nitrogen and oxygen atoms in total. The van der Waals surface area contributed by atoms with Gasteiger partial charge in [-0.3, -0.25) is 0 Å². The average molecular weight is 954 g/mol. The summed E-state index contributed by atoms with van der Waals surface area (Å²) in [7, 11) is 0. The van der Waals surface area contributed by atoms with Gasteiger partial charge in [0, 0.05) is 49.6 Å². The van der Waals surface area contributed by atoms with Crippen molar-refractivity contribution in [2.24, 2.45) is 0 Å². The summed E-state index contributed by atoms with van der Waals surface area (Å²) in [5, 5.41) is 25.5. The van der Waals surface area contributed by atoms with Crippen LogP contribution in [0.4, 0.5) is 17.1 Å². The Balaban J connectivity index is 0.956. The molecule has 75 heavy (non-hydrogen) atoms. The SMILES string of the molecule is N#Cc1ccc(-n2c3ccccc3c3ccccc32)c(-c2ccc3c(c2)Oc2cccc4c2B3c2ccc(-c3cc(C#N)ccc3-n3c5ccccc5c5ccccc53)cc2N4c2ccccc2-c2ccccc2)c1. The molecule has 0 amide bonds. The second kappa shape index (κ2) is 16.6. The Morgan fingerprint density at radius 1 is 0.333 bits per heavy atom. The lowest BCUT2D eigenvalue weighted by Crippen LogP contribution is -2.59. The molecule has 0 unspecified atom stereocenters. The summed E-state index contributed by atoms with van der Waals surface area (Å²) in [5.74, 6) is 1.56. The smallest absolute Gasteiger partial charge is 0.256 e. The Hall–Kier alpha value is -10.3. The van der Waals surface area contributed by atoms with Crippen molar-refractivity contribution in [3.63, 3.8) is 0 Å². The minimum atomic E-state index is -0.192. The third-order valence-electron chi connectivity index (χ3n) is 15.4. The van der Waals surface area contributed by atoms with E-state index in [0.29, 0.717) is 11.1 Å². The van der Waals surface area contributed by atoms with Crippen LogP contribution < -0.4 is 26.0 Å². The molecular weight excluding hydrogens is 914 g/mol. The molecule has 2 aliphatic heterocycles. The van der Waals surface area contributed by atoms with Gasteiger partial charge in [0.25, 0.3) is 6.71 Å². The Labute approximate surface area is 433 Å². The molecule has 346 valence electrons. The van der Waals surface area contributed by atoms with Crippen molar-refractivity contribution in [1.29, 1.82) is 10.5 Å². The first-order valence-electron chi connectivity index (χ1n) is 25.2. The molecule has 13 aromatic rings. The van der Waals surface area contributed by atoms with Gasteiger partial charge in [0.15, 0.2) is 0 Å². The fraction of sp³-hybridized carbons (Fsp3) is 0. The maximum Gasteiger partial charge on any atom is 0.256 e. The van der Waals surface area contributed by atoms with E-state index in [0.717, 1.165) is 112 Å². The molecular formula is C68H40BN5O. The quantitative estimate of drug-likeness (QED) is 0.156. The maximum atomic E-state index is 10.5. The van der Waals surface area contributed by atoms with Crippen molar-refractivity contribution in [1.82, 2.24) is 9.13 Å². The van der Waals surface area contributed by atoms with Crippen molar-refractivity contribution >= 4 is 83.8 Å². The van der Waals surface area contributed by atoms with Crippen LogP contribution in [0.2, 0.25) is 0 Å². The summed E-state index contributed by atoms with van der Waals surface area (Å²) < 4.78 is 11.8. The minimum Gasteiger partial charge on any atom is -0.458 e. The number of hydrogen-bond donors (Lipinski definition) is 0. The summed E-state index contributed by atoms with van der Waals surface area (Å²) >= 11 is 0. The number of para-hydroxylation sites is 5. The average Bonchev–Trinajstić information content (AvgIpc) is 4.04. The molecule has 15 rings (SSSR count). The molecule has 0 bridgehead atoms. The monoisotopic (exact) mass is 953 g/mol. The Kier molecular flexibility index (Phi) is 9.38. The summed E-state index contributed by atoms with van der Waals surface area (Å²) in [6.45, 7) is -0.192. The van der Waals surface area contributed by atoms with E-state index in [1.165, 1.54) is 21.5 Å². The molecule has 0 saturated heterocycles. The number of anilines is 3. The molecule has 0 radical (unpaired) electrons. The van der Waals surface area contributed by atoms with Crippen LogP contribution in [-0.4, -0.2) is 15.8 Å². The summed E-state index contributed by atoms with van der Waals surface area (Å²) in [4.78, 5) is 2.42. The highest BCUT2D eigenvalue weighted by atomic mass is 16.5. The third kappa shape index (κ3) is 6.39. The van der Waals surface area contributed by atoms with Crippen LogP contribution in [-0.2, 0) is 0 Å². The molecule has 0 aliphatic carbocycles. The van der Waals surface area contributed by atoms with Gasteiger partial charge in [-0.25, -0.2) is 0 Å². The van der Waals surface area contributed by atoms with Crippen LogP contribution in [0, 0.1) is 22.7 Å².